The third kappa shape index (κ3) is 6.73. The Balaban J connectivity index is 1.82. The highest BCUT2D eigenvalue weighted by Gasteiger charge is 2.30. The molecule has 200 valence electrons. The fourth-order valence-corrected chi connectivity index (χ4v) is 4.14. The van der Waals surface area contributed by atoms with Crippen molar-refractivity contribution < 1.29 is 33.0 Å². The van der Waals surface area contributed by atoms with E-state index in [0.717, 1.165) is 22.3 Å². The minimum atomic E-state index is -1.06. The predicted octanol–water partition coefficient (Wildman–Crippen LogP) is 4.65. The van der Waals surface area contributed by atoms with Crippen LogP contribution in [0.1, 0.15) is 59.4 Å². The zero-order valence-corrected chi connectivity index (χ0v) is 22.2. The van der Waals surface area contributed by atoms with Gasteiger partial charge in [0.1, 0.15) is 18.0 Å². The molecule has 0 fully saturated rings. The lowest BCUT2D eigenvalue weighted by atomic mass is 9.84. The minimum absolute atomic E-state index is 0.139. The number of amides is 1. The average molecular weight is 523 g/mol. The minimum Gasteiger partial charge on any atom is -0.493 e. The normalized spacial score (nSPS) is 13.1. The van der Waals surface area contributed by atoms with E-state index in [-0.39, 0.29) is 28.9 Å². The van der Waals surface area contributed by atoms with Crippen LogP contribution in [0.2, 0.25) is 0 Å². The van der Waals surface area contributed by atoms with E-state index in [2.05, 4.69) is 10.3 Å². The molecule has 3 atom stereocenters. The van der Waals surface area contributed by atoms with E-state index in [1.165, 1.54) is 45.4 Å². The topological polar surface area (TPSA) is 104 Å². The summed E-state index contributed by atoms with van der Waals surface area (Å²) in [5.74, 6) is -2.83. The first-order valence-electron chi connectivity index (χ1n) is 12.1. The summed E-state index contributed by atoms with van der Waals surface area (Å²) >= 11 is 0. The van der Waals surface area contributed by atoms with Gasteiger partial charge < -0.3 is 19.5 Å². The molecule has 0 unspecified atom stereocenters. The van der Waals surface area contributed by atoms with Crippen LogP contribution in [-0.2, 0) is 14.3 Å². The molecule has 3 aromatic rings. The molecular formula is C29H31FN2O6. The van der Waals surface area contributed by atoms with Crippen LogP contribution in [0.4, 0.5) is 4.39 Å². The molecule has 0 bridgehead atoms. The van der Waals surface area contributed by atoms with Crippen molar-refractivity contribution in [3.8, 4) is 11.5 Å². The number of carbonyl (C=O) groups excluding carboxylic acids is 3. The van der Waals surface area contributed by atoms with Crippen LogP contribution in [0.25, 0.3) is 0 Å². The monoisotopic (exact) mass is 522 g/mol. The first-order valence-corrected chi connectivity index (χ1v) is 12.1. The first kappa shape index (κ1) is 28.3. The van der Waals surface area contributed by atoms with Gasteiger partial charge in [-0.15, -0.1) is 0 Å². The maximum Gasteiger partial charge on any atom is 0.328 e. The molecule has 8 nitrogen and oxygen atoms in total. The molecule has 0 aliphatic carbocycles. The molecule has 1 heterocycles. The van der Waals surface area contributed by atoms with Crippen LogP contribution in [0.5, 0.6) is 11.5 Å². The summed E-state index contributed by atoms with van der Waals surface area (Å²) in [6.45, 7) is 8.19. The van der Waals surface area contributed by atoms with Gasteiger partial charge >= 0.3 is 11.9 Å². The predicted molar refractivity (Wildman–Crippen MR) is 139 cm³/mol. The van der Waals surface area contributed by atoms with Crippen LogP contribution in [0.15, 0.2) is 54.7 Å². The number of pyridine rings is 1. The number of halogens is 1. The third-order valence-electron chi connectivity index (χ3n) is 6.03. The highest BCUT2D eigenvalue weighted by Crippen LogP contribution is 2.33. The van der Waals surface area contributed by atoms with E-state index in [4.69, 9.17) is 14.2 Å². The van der Waals surface area contributed by atoms with Crippen molar-refractivity contribution in [2.24, 2.45) is 0 Å². The number of carbonyl (C=O) groups is 3. The van der Waals surface area contributed by atoms with Gasteiger partial charge in [-0.05, 0) is 56.5 Å². The molecule has 38 heavy (non-hydrogen) atoms. The van der Waals surface area contributed by atoms with Crippen LogP contribution < -0.4 is 14.8 Å². The molecule has 1 amide bonds. The molecule has 1 N–H and O–H groups in total. The van der Waals surface area contributed by atoms with Gasteiger partial charge in [-0.3, -0.25) is 9.59 Å². The number of ether oxygens (including phenoxy) is 3. The number of hydrogen-bond donors (Lipinski definition) is 1. The Bertz CT molecular complexity index is 1330. The fourth-order valence-electron chi connectivity index (χ4n) is 4.14. The first-order chi connectivity index (χ1) is 18.0. The quantitative estimate of drug-likeness (QED) is 0.408. The third-order valence-corrected chi connectivity index (χ3v) is 6.03. The van der Waals surface area contributed by atoms with E-state index in [1.54, 1.807) is 19.9 Å². The van der Waals surface area contributed by atoms with Gasteiger partial charge in [0.25, 0.3) is 5.91 Å². The summed E-state index contributed by atoms with van der Waals surface area (Å²) < 4.78 is 29.9. The number of aromatic nitrogens is 1. The van der Waals surface area contributed by atoms with E-state index in [9.17, 15) is 18.8 Å². The highest BCUT2D eigenvalue weighted by atomic mass is 19.1. The molecule has 3 rings (SSSR count). The Hall–Kier alpha value is -4.27. The van der Waals surface area contributed by atoms with Crippen molar-refractivity contribution in [3.63, 3.8) is 0 Å². The molecule has 1 aromatic heterocycles. The van der Waals surface area contributed by atoms with E-state index < -0.39 is 30.0 Å². The largest absolute Gasteiger partial charge is 0.493 e. The van der Waals surface area contributed by atoms with Gasteiger partial charge in [-0.1, -0.05) is 35.9 Å². The van der Waals surface area contributed by atoms with Crippen LogP contribution in [-0.4, -0.2) is 42.1 Å². The summed E-state index contributed by atoms with van der Waals surface area (Å²) in [5.41, 5.74) is 3.30. The van der Waals surface area contributed by atoms with Crippen molar-refractivity contribution in [2.75, 3.05) is 7.11 Å². The van der Waals surface area contributed by atoms with Crippen LogP contribution in [0, 0.1) is 19.7 Å². The SMILES string of the molecule is COc1ccnc(C(=O)N[C@@H](C)C(=O)O[C@@H](C)[C@@H](c2ccc(C)cc2)c2ccc(F)cc2C)c1OC(C)=O. The summed E-state index contributed by atoms with van der Waals surface area (Å²) in [6.07, 6.45) is 0.670. The van der Waals surface area contributed by atoms with E-state index >= 15 is 0 Å². The molecule has 0 radical (unpaired) electrons. The van der Waals surface area contributed by atoms with Gasteiger partial charge in [0.15, 0.2) is 11.4 Å². The lowest BCUT2D eigenvalue weighted by Gasteiger charge is -2.28. The van der Waals surface area contributed by atoms with Crippen molar-refractivity contribution in [3.05, 3.63) is 88.5 Å². The smallest absolute Gasteiger partial charge is 0.328 e. The van der Waals surface area contributed by atoms with Crippen molar-refractivity contribution in [1.82, 2.24) is 10.3 Å². The number of methoxy groups -OCH3 is 1. The summed E-state index contributed by atoms with van der Waals surface area (Å²) in [7, 11) is 1.36. The maximum atomic E-state index is 13.8. The summed E-state index contributed by atoms with van der Waals surface area (Å²) in [6, 6.07) is 12.7. The number of esters is 2. The molecule has 9 heteroatoms. The average Bonchev–Trinajstić information content (AvgIpc) is 2.86. The Kier molecular flexibility index (Phi) is 9.17. The highest BCUT2D eigenvalue weighted by molar-refractivity contribution is 5.98. The maximum absolute atomic E-state index is 13.8. The second-order valence-electron chi connectivity index (χ2n) is 9.01. The fraction of sp³-hybridized carbons (Fsp3) is 0.310. The van der Waals surface area contributed by atoms with Gasteiger partial charge in [-0.25, -0.2) is 14.2 Å². The number of benzene rings is 2. The lowest BCUT2D eigenvalue weighted by Crippen LogP contribution is -2.41. The van der Waals surface area contributed by atoms with Crippen LogP contribution >= 0.6 is 0 Å². The molecule has 2 aromatic carbocycles. The van der Waals surface area contributed by atoms with Gasteiger partial charge in [0, 0.05) is 25.1 Å². The standard InChI is InChI=1S/C29H31FN2O6/c1-16-7-9-21(10-8-16)25(23-12-11-22(30)15-17(23)2)19(4)37-29(35)18(3)32-28(34)26-27(38-20(5)33)24(36-6)13-14-31-26/h7-15,18-19,25H,1-6H3,(H,32,34)/t18-,19-,25-/m0/s1. The number of hydrogen-bond acceptors (Lipinski definition) is 7. The molecular weight excluding hydrogens is 491 g/mol. The van der Waals surface area contributed by atoms with Gasteiger partial charge in [0.05, 0.1) is 7.11 Å². The number of aryl methyl sites for hydroxylation is 2. The van der Waals surface area contributed by atoms with Crippen molar-refractivity contribution in [1.29, 1.82) is 0 Å². The number of nitrogens with zero attached hydrogens (tertiary/aromatic N) is 1. The molecule has 0 spiro atoms. The van der Waals surface area contributed by atoms with E-state index in [0.29, 0.717) is 0 Å². The van der Waals surface area contributed by atoms with Crippen LogP contribution in [0.3, 0.4) is 0 Å². The molecule has 0 aliphatic rings. The van der Waals surface area contributed by atoms with E-state index in [1.807, 2.05) is 31.2 Å². The Morgan fingerprint density at radius 3 is 2.29 bits per heavy atom. The summed E-state index contributed by atoms with van der Waals surface area (Å²) in [5, 5.41) is 2.54. The lowest BCUT2D eigenvalue weighted by molar-refractivity contribution is -0.150. The zero-order chi connectivity index (χ0) is 28.0. The second-order valence-corrected chi connectivity index (χ2v) is 9.01. The van der Waals surface area contributed by atoms with Gasteiger partial charge in [-0.2, -0.15) is 0 Å². The molecule has 0 saturated heterocycles. The second kappa shape index (κ2) is 12.3. The summed E-state index contributed by atoms with van der Waals surface area (Å²) in [4.78, 5) is 41.5. The van der Waals surface area contributed by atoms with Crippen molar-refractivity contribution in [2.45, 2.75) is 52.7 Å². The zero-order valence-electron chi connectivity index (χ0n) is 22.2. The number of rotatable bonds is 9. The Labute approximate surface area is 221 Å². The van der Waals surface area contributed by atoms with Crippen molar-refractivity contribution >= 4 is 17.8 Å². The van der Waals surface area contributed by atoms with Gasteiger partial charge in [0.2, 0.25) is 5.75 Å². The Morgan fingerprint density at radius 2 is 1.68 bits per heavy atom. The molecule has 0 saturated carbocycles. The number of nitrogens with one attached hydrogen (secondary N) is 1. The Morgan fingerprint density at radius 1 is 1.00 bits per heavy atom. The molecule has 0 aliphatic heterocycles.